The molecule has 2 aromatic rings. The van der Waals surface area contributed by atoms with Crippen LogP contribution in [0.25, 0.3) is 0 Å². The van der Waals surface area contributed by atoms with E-state index >= 15 is 0 Å². The van der Waals surface area contributed by atoms with E-state index in [1.807, 2.05) is 24.3 Å². The molecule has 0 aliphatic heterocycles. The maximum absolute atomic E-state index is 12.0. The van der Waals surface area contributed by atoms with E-state index in [1.165, 1.54) is 18.2 Å². The fraction of sp³-hybridized carbons (Fsp3) is 0.250. The fourth-order valence-electron chi connectivity index (χ4n) is 2.48. The highest BCUT2D eigenvalue weighted by Gasteiger charge is 2.12. The second-order valence-electron chi connectivity index (χ2n) is 6.00. The molecule has 0 heterocycles. The monoisotopic (exact) mass is 437 g/mol. The van der Waals surface area contributed by atoms with Gasteiger partial charge in [-0.1, -0.05) is 41.4 Å². The van der Waals surface area contributed by atoms with Crippen LogP contribution in [0.2, 0.25) is 10.0 Å². The summed E-state index contributed by atoms with van der Waals surface area (Å²) in [5.74, 6) is -0.585. The van der Waals surface area contributed by atoms with Gasteiger partial charge in [-0.05, 0) is 36.2 Å². The van der Waals surface area contributed by atoms with Gasteiger partial charge in [0, 0.05) is 11.6 Å². The highest BCUT2D eigenvalue weighted by atomic mass is 35.5. The molecule has 3 N–H and O–H groups in total. The maximum atomic E-state index is 12.0. The molecule has 2 aromatic carbocycles. The summed E-state index contributed by atoms with van der Waals surface area (Å²) < 4.78 is 5.25. The molecule has 3 amide bonds. The topological polar surface area (TPSA) is 96.5 Å². The highest BCUT2D eigenvalue weighted by Crippen LogP contribution is 2.20. The van der Waals surface area contributed by atoms with Crippen LogP contribution in [-0.4, -0.2) is 44.5 Å². The van der Waals surface area contributed by atoms with Gasteiger partial charge in [-0.25, -0.2) is 0 Å². The minimum absolute atomic E-state index is 0.185. The molecular formula is C20H21Cl2N3O4. The first-order valence-electron chi connectivity index (χ1n) is 8.79. The molecule has 0 aromatic heterocycles. The van der Waals surface area contributed by atoms with Gasteiger partial charge in [-0.2, -0.15) is 0 Å². The maximum Gasteiger partial charge on any atom is 0.253 e. The van der Waals surface area contributed by atoms with Gasteiger partial charge in [0.15, 0.2) is 0 Å². The van der Waals surface area contributed by atoms with Crippen molar-refractivity contribution in [3.8, 4) is 5.75 Å². The molecule has 0 unspecified atom stereocenters. The third kappa shape index (κ3) is 7.29. The molecule has 0 fully saturated rings. The number of hydrogen-bond donors (Lipinski definition) is 3. The summed E-state index contributed by atoms with van der Waals surface area (Å²) in [5.41, 5.74) is 1.18. The zero-order chi connectivity index (χ0) is 21.2. The van der Waals surface area contributed by atoms with Crippen LogP contribution in [0.5, 0.6) is 5.75 Å². The van der Waals surface area contributed by atoms with Crippen LogP contribution in [0, 0.1) is 0 Å². The number of ether oxygens (including phenoxy) is 1. The van der Waals surface area contributed by atoms with Crippen molar-refractivity contribution in [2.24, 2.45) is 0 Å². The number of carbonyl (C=O) groups excluding carboxylic acids is 3. The summed E-state index contributed by atoms with van der Waals surface area (Å²) in [4.78, 5) is 35.7. The Labute approximate surface area is 178 Å². The van der Waals surface area contributed by atoms with Crippen molar-refractivity contribution in [1.29, 1.82) is 0 Å². The highest BCUT2D eigenvalue weighted by molar-refractivity contribution is 6.36. The molecule has 0 aliphatic rings. The lowest BCUT2D eigenvalue weighted by Crippen LogP contribution is -2.42. The van der Waals surface area contributed by atoms with Crippen LogP contribution in [0.15, 0.2) is 42.5 Å². The van der Waals surface area contributed by atoms with Crippen LogP contribution < -0.4 is 20.7 Å². The van der Waals surface area contributed by atoms with Crippen molar-refractivity contribution >= 4 is 40.9 Å². The molecule has 0 atom stereocenters. The number of para-hydroxylation sites is 1. The largest absolute Gasteiger partial charge is 0.496 e. The number of carbonyl (C=O) groups is 3. The van der Waals surface area contributed by atoms with Crippen molar-refractivity contribution in [1.82, 2.24) is 16.0 Å². The molecule has 0 radical (unpaired) electrons. The summed E-state index contributed by atoms with van der Waals surface area (Å²) in [5, 5.41) is 8.18. The number of nitrogens with one attached hydrogen (secondary N) is 3. The van der Waals surface area contributed by atoms with Gasteiger partial charge in [0.25, 0.3) is 5.91 Å². The van der Waals surface area contributed by atoms with E-state index in [9.17, 15) is 14.4 Å². The zero-order valence-corrected chi connectivity index (χ0v) is 17.3. The molecule has 0 saturated heterocycles. The van der Waals surface area contributed by atoms with E-state index in [-0.39, 0.29) is 29.6 Å². The third-order valence-electron chi connectivity index (χ3n) is 3.94. The van der Waals surface area contributed by atoms with E-state index in [0.29, 0.717) is 18.0 Å². The molecular weight excluding hydrogens is 417 g/mol. The molecule has 0 bridgehead atoms. The Hall–Kier alpha value is -2.77. The molecule has 29 heavy (non-hydrogen) atoms. The Morgan fingerprint density at radius 2 is 1.62 bits per heavy atom. The number of benzene rings is 2. The van der Waals surface area contributed by atoms with Gasteiger partial charge in [0.2, 0.25) is 11.8 Å². The Morgan fingerprint density at radius 1 is 0.931 bits per heavy atom. The molecule has 0 spiro atoms. The number of hydrogen-bond acceptors (Lipinski definition) is 4. The standard InChI is InChI=1S/C20H21Cl2N3O4/c1-29-17-5-3-2-4-13(17)8-9-23-18(26)11-24-19(27)12-25-20(28)15-7-6-14(21)10-16(15)22/h2-7,10H,8-9,11-12H2,1H3,(H,23,26)(H,24,27)(H,25,28). The van der Waals surface area contributed by atoms with Crippen LogP contribution in [0.1, 0.15) is 15.9 Å². The van der Waals surface area contributed by atoms with Crippen LogP contribution >= 0.6 is 23.2 Å². The number of rotatable bonds is 9. The molecule has 154 valence electrons. The Kier molecular flexibility index (Phi) is 8.76. The Balaban J connectivity index is 1.68. The predicted octanol–water partition coefficient (Wildman–Crippen LogP) is 2.21. The third-order valence-corrected chi connectivity index (χ3v) is 4.49. The zero-order valence-electron chi connectivity index (χ0n) is 15.8. The van der Waals surface area contributed by atoms with Gasteiger partial charge in [0.1, 0.15) is 5.75 Å². The first kappa shape index (κ1) is 22.5. The summed E-state index contributed by atoms with van der Waals surface area (Å²) >= 11 is 11.7. The fourth-order valence-corrected chi connectivity index (χ4v) is 2.97. The van der Waals surface area contributed by atoms with E-state index < -0.39 is 11.8 Å². The van der Waals surface area contributed by atoms with Gasteiger partial charge >= 0.3 is 0 Å². The molecule has 0 aliphatic carbocycles. The second kappa shape index (κ2) is 11.3. The first-order chi connectivity index (χ1) is 13.9. The van der Waals surface area contributed by atoms with E-state index in [4.69, 9.17) is 27.9 Å². The van der Waals surface area contributed by atoms with Crippen LogP contribution in [0.4, 0.5) is 0 Å². The summed E-state index contributed by atoms with van der Waals surface area (Å²) in [6.45, 7) is -0.0739. The summed E-state index contributed by atoms with van der Waals surface area (Å²) in [7, 11) is 1.59. The van der Waals surface area contributed by atoms with Gasteiger partial charge in [0.05, 0.1) is 30.8 Å². The normalized spacial score (nSPS) is 10.2. The first-order valence-corrected chi connectivity index (χ1v) is 9.55. The number of amides is 3. The van der Waals surface area contributed by atoms with E-state index in [1.54, 1.807) is 7.11 Å². The van der Waals surface area contributed by atoms with Crippen LogP contribution in [0.3, 0.4) is 0 Å². The minimum Gasteiger partial charge on any atom is -0.496 e. The van der Waals surface area contributed by atoms with Gasteiger partial charge in [-0.15, -0.1) is 0 Å². The van der Waals surface area contributed by atoms with Gasteiger partial charge < -0.3 is 20.7 Å². The lowest BCUT2D eigenvalue weighted by Gasteiger charge is -2.10. The summed E-state index contributed by atoms with van der Waals surface area (Å²) in [6.07, 6.45) is 0.599. The minimum atomic E-state index is -0.511. The summed E-state index contributed by atoms with van der Waals surface area (Å²) in [6, 6.07) is 12.0. The SMILES string of the molecule is COc1ccccc1CCNC(=O)CNC(=O)CNC(=O)c1ccc(Cl)cc1Cl. The van der Waals surface area contributed by atoms with Crippen molar-refractivity contribution < 1.29 is 19.1 Å². The van der Waals surface area contributed by atoms with Crippen molar-refractivity contribution in [3.63, 3.8) is 0 Å². The Morgan fingerprint density at radius 3 is 2.34 bits per heavy atom. The average molecular weight is 438 g/mol. The van der Waals surface area contributed by atoms with Crippen molar-refractivity contribution in [2.45, 2.75) is 6.42 Å². The van der Waals surface area contributed by atoms with Crippen LogP contribution in [-0.2, 0) is 16.0 Å². The Bertz CT molecular complexity index is 890. The molecule has 7 nitrogen and oxygen atoms in total. The molecule has 0 saturated carbocycles. The molecule has 2 rings (SSSR count). The smallest absolute Gasteiger partial charge is 0.253 e. The quantitative estimate of drug-likeness (QED) is 0.560. The van der Waals surface area contributed by atoms with E-state index in [0.717, 1.165) is 11.3 Å². The lowest BCUT2D eigenvalue weighted by atomic mass is 10.1. The lowest BCUT2D eigenvalue weighted by molar-refractivity contribution is -0.125. The van der Waals surface area contributed by atoms with Crippen molar-refractivity contribution in [2.75, 3.05) is 26.7 Å². The second-order valence-corrected chi connectivity index (χ2v) is 6.84. The number of halogens is 2. The average Bonchev–Trinajstić information content (AvgIpc) is 2.70. The van der Waals surface area contributed by atoms with Crippen molar-refractivity contribution in [3.05, 3.63) is 63.6 Å². The molecule has 9 heteroatoms. The number of methoxy groups -OCH3 is 1. The van der Waals surface area contributed by atoms with Gasteiger partial charge in [-0.3, -0.25) is 14.4 Å². The van der Waals surface area contributed by atoms with E-state index in [2.05, 4.69) is 16.0 Å². The predicted molar refractivity (Wildman–Crippen MR) is 112 cm³/mol.